The lowest BCUT2D eigenvalue weighted by Crippen LogP contribution is -2.39. The second kappa shape index (κ2) is 4.72. The molecule has 1 atom stereocenters. The van der Waals surface area contributed by atoms with E-state index in [4.69, 9.17) is 27.1 Å². The van der Waals surface area contributed by atoms with E-state index in [1.165, 1.54) is 0 Å². The average Bonchev–Trinajstić information content (AvgIpc) is 2.25. The van der Waals surface area contributed by atoms with Crippen LogP contribution < -0.4 is 11.5 Å². The third kappa shape index (κ3) is 2.34. The van der Waals surface area contributed by atoms with Crippen molar-refractivity contribution in [2.45, 2.75) is 0 Å². The SMILES string of the molecule is N=C1C(C(=O)O)=C(C(N)=O)C=C(C(N)=O)C1C(=O)O. The Labute approximate surface area is 105 Å². The third-order valence-corrected chi connectivity index (χ3v) is 2.45. The lowest BCUT2D eigenvalue weighted by Gasteiger charge is -2.21. The van der Waals surface area contributed by atoms with Gasteiger partial charge in [0.25, 0.3) is 0 Å². The summed E-state index contributed by atoms with van der Waals surface area (Å²) in [6.07, 6.45) is 0.699. The van der Waals surface area contributed by atoms with Gasteiger partial charge < -0.3 is 27.1 Å². The number of carbonyl (C=O) groups excluding carboxylic acids is 2. The van der Waals surface area contributed by atoms with Gasteiger partial charge in [0, 0.05) is 5.57 Å². The summed E-state index contributed by atoms with van der Waals surface area (Å²) in [5.74, 6) is -7.54. The number of hydrogen-bond donors (Lipinski definition) is 5. The van der Waals surface area contributed by atoms with Crippen molar-refractivity contribution in [2.24, 2.45) is 17.4 Å². The number of hydrogen-bond acceptors (Lipinski definition) is 5. The number of carboxylic acids is 2. The molecule has 1 rings (SSSR count). The molecule has 0 heterocycles. The Morgan fingerprint density at radius 3 is 1.95 bits per heavy atom. The summed E-state index contributed by atoms with van der Waals surface area (Å²) in [5.41, 5.74) is 6.90. The van der Waals surface area contributed by atoms with Crippen LogP contribution in [0.3, 0.4) is 0 Å². The number of nitrogens with two attached hydrogens (primary N) is 2. The molecule has 1 unspecified atom stereocenters. The molecule has 0 spiro atoms. The van der Waals surface area contributed by atoms with E-state index in [1.54, 1.807) is 0 Å². The van der Waals surface area contributed by atoms with Crippen molar-refractivity contribution in [3.63, 3.8) is 0 Å². The second-order valence-corrected chi connectivity index (χ2v) is 3.61. The van der Waals surface area contributed by atoms with Crippen LogP contribution in [-0.2, 0) is 19.2 Å². The molecule has 9 heteroatoms. The molecule has 0 aromatic heterocycles. The van der Waals surface area contributed by atoms with Crippen molar-refractivity contribution >= 4 is 29.5 Å². The summed E-state index contributed by atoms with van der Waals surface area (Å²) in [6, 6.07) is 0. The molecule has 0 bridgehead atoms. The Bertz CT molecular complexity index is 586. The summed E-state index contributed by atoms with van der Waals surface area (Å²) < 4.78 is 0. The topological polar surface area (TPSA) is 185 Å². The van der Waals surface area contributed by atoms with E-state index >= 15 is 0 Å². The first-order valence-electron chi connectivity index (χ1n) is 4.78. The first-order valence-corrected chi connectivity index (χ1v) is 4.78. The predicted molar refractivity (Wildman–Crippen MR) is 60.0 cm³/mol. The van der Waals surface area contributed by atoms with Gasteiger partial charge in [-0.3, -0.25) is 14.4 Å². The van der Waals surface area contributed by atoms with Crippen molar-refractivity contribution in [3.05, 3.63) is 22.8 Å². The van der Waals surface area contributed by atoms with Crippen LogP contribution >= 0.6 is 0 Å². The van der Waals surface area contributed by atoms with Crippen LogP contribution in [0.2, 0.25) is 0 Å². The number of aliphatic carboxylic acids is 2. The lowest BCUT2D eigenvalue weighted by atomic mass is 9.81. The van der Waals surface area contributed by atoms with Gasteiger partial charge in [-0.15, -0.1) is 0 Å². The molecule has 0 aliphatic heterocycles. The molecule has 0 saturated carbocycles. The van der Waals surface area contributed by atoms with Gasteiger partial charge in [-0.05, 0) is 6.08 Å². The highest BCUT2D eigenvalue weighted by Crippen LogP contribution is 2.27. The standard InChI is InChI=1S/C10H9N3O6/c11-6-4(9(16)17)2(7(12)14)1-3(8(13)15)5(6)10(18)19/h1,4,11H,(H2,12,14)(H2,13,15)(H,16,17)(H,18,19). The molecule has 7 N–H and O–H groups in total. The molecule has 0 fully saturated rings. The maximum absolute atomic E-state index is 11.1. The fourth-order valence-corrected chi connectivity index (χ4v) is 1.65. The van der Waals surface area contributed by atoms with Gasteiger partial charge in [0.2, 0.25) is 11.8 Å². The first kappa shape index (κ1) is 14.1. The van der Waals surface area contributed by atoms with Gasteiger partial charge in [0.15, 0.2) is 0 Å². The molecule has 2 amide bonds. The van der Waals surface area contributed by atoms with Gasteiger partial charge in [-0.1, -0.05) is 0 Å². The molecule has 19 heavy (non-hydrogen) atoms. The number of carboxylic acid groups (broad SMARTS) is 2. The molecule has 0 radical (unpaired) electrons. The lowest BCUT2D eigenvalue weighted by molar-refractivity contribution is -0.139. The summed E-state index contributed by atoms with van der Waals surface area (Å²) >= 11 is 0. The van der Waals surface area contributed by atoms with Crippen molar-refractivity contribution in [1.82, 2.24) is 0 Å². The van der Waals surface area contributed by atoms with Crippen LogP contribution in [0.15, 0.2) is 22.8 Å². The van der Waals surface area contributed by atoms with E-state index in [0.29, 0.717) is 6.08 Å². The van der Waals surface area contributed by atoms with Gasteiger partial charge in [0.05, 0.1) is 16.9 Å². The maximum Gasteiger partial charge on any atom is 0.338 e. The molecule has 0 aromatic rings. The van der Waals surface area contributed by atoms with Crippen molar-refractivity contribution in [3.8, 4) is 0 Å². The molecule has 1 aliphatic carbocycles. The summed E-state index contributed by atoms with van der Waals surface area (Å²) in [5, 5.41) is 25.4. The van der Waals surface area contributed by atoms with Crippen molar-refractivity contribution in [1.29, 1.82) is 5.41 Å². The van der Waals surface area contributed by atoms with Crippen LogP contribution in [0.25, 0.3) is 0 Å². The summed E-state index contributed by atoms with van der Waals surface area (Å²) in [6.45, 7) is 0. The molecular weight excluding hydrogens is 258 g/mol. The van der Waals surface area contributed by atoms with Gasteiger partial charge >= 0.3 is 11.9 Å². The summed E-state index contributed by atoms with van der Waals surface area (Å²) in [4.78, 5) is 44.2. The zero-order valence-electron chi connectivity index (χ0n) is 9.34. The Hall–Kier alpha value is -2.97. The Balaban J connectivity index is 3.63. The zero-order chi connectivity index (χ0) is 14.9. The second-order valence-electron chi connectivity index (χ2n) is 3.61. The highest BCUT2D eigenvalue weighted by atomic mass is 16.4. The van der Waals surface area contributed by atoms with Crippen LogP contribution in [0, 0.1) is 11.3 Å². The monoisotopic (exact) mass is 267 g/mol. The van der Waals surface area contributed by atoms with E-state index in [0.717, 1.165) is 0 Å². The van der Waals surface area contributed by atoms with Gasteiger partial charge in [-0.25, -0.2) is 4.79 Å². The Morgan fingerprint density at radius 1 is 1.11 bits per heavy atom. The number of primary amides is 2. The number of amides is 2. The zero-order valence-corrected chi connectivity index (χ0v) is 9.34. The maximum atomic E-state index is 11.1. The van der Waals surface area contributed by atoms with E-state index < -0.39 is 52.1 Å². The Kier molecular flexibility index (Phi) is 3.50. The normalized spacial score (nSPS) is 18.8. The minimum absolute atomic E-state index is 0.573. The van der Waals surface area contributed by atoms with E-state index in [1.807, 2.05) is 0 Å². The number of rotatable bonds is 4. The predicted octanol–water partition coefficient (Wildman–Crippen LogP) is -2.00. The van der Waals surface area contributed by atoms with Crippen molar-refractivity contribution in [2.75, 3.05) is 0 Å². The number of carbonyl (C=O) groups is 4. The molecule has 0 saturated heterocycles. The Morgan fingerprint density at radius 2 is 1.63 bits per heavy atom. The van der Waals surface area contributed by atoms with Crippen LogP contribution in [0.4, 0.5) is 0 Å². The molecule has 1 aliphatic rings. The highest BCUT2D eigenvalue weighted by Gasteiger charge is 2.40. The molecule has 0 aromatic carbocycles. The van der Waals surface area contributed by atoms with Crippen LogP contribution in [-0.4, -0.2) is 39.7 Å². The highest BCUT2D eigenvalue weighted by molar-refractivity contribution is 6.31. The van der Waals surface area contributed by atoms with E-state index in [9.17, 15) is 19.2 Å². The minimum atomic E-state index is -1.84. The minimum Gasteiger partial charge on any atom is -0.480 e. The average molecular weight is 267 g/mol. The quantitative estimate of drug-likeness (QED) is 0.392. The van der Waals surface area contributed by atoms with Gasteiger partial charge in [-0.2, -0.15) is 0 Å². The van der Waals surface area contributed by atoms with Crippen LogP contribution in [0.1, 0.15) is 0 Å². The fraction of sp³-hybridized carbons (Fsp3) is 0.100. The smallest absolute Gasteiger partial charge is 0.338 e. The van der Waals surface area contributed by atoms with E-state index in [2.05, 4.69) is 0 Å². The summed E-state index contributed by atoms with van der Waals surface area (Å²) in [7, 11) is 0. The number of nitrogens with one attached hydrogen (secondary N) is 1. The first-order chi connectivity index (χ1) is 8.68. The fourth-order valence-electron chi connectivity index (χ4n) is 1.65. The molecular formula is C10H9N3O6. The molecule has 100 valence electrons. The molecule has 9 nitrogen and oxygen atoms in total. The van der Waals surface area contributed by atoms with Crippen LogP contribution in [0.5, 0.6) is 0 Å². The largest absolute Gasteiger partial charge is 0.480 e. The van der Waals surface area contributed by atoms with E-state index in [-0.39, 0.29) is 0 Å². The van der Waals surface area contributed by atoms with Gasteiger partial charge in [0.1, 0.15) is 5.92 Å². The van der Waals surface area contributed by atoms with Crippen molar-refractivity contribution < 1.29 is 29.4 Å². The third-order valence-electron chi connectivity index (χ3n) is 2.45.